The average molecular weight is 248 g/mol. The lowest BCUT2D eigenvalue weighted by atomic mass is 10.1. The first-order valence-electron chi connectivity index (χ1n) is 6.54. The molecule has 98 valence electrons. The summed E-state index contributed by atoms with van der Waals surface area (Å²) in [5, 5.41) is 0. The van der Waals surface area contributed by atoms with E-state index in [4.69, 9.17) is 15.2 Å². The number of benzene rings is 1. The van der Waals surface area contributed by atoms with Gasteiger partial charge in [-0.1, -0.05) is 6.07 Å². The number of rotatable bonds is 2. The van der Waals surface area contributed by atoms with Gasteiger partial charge < -0.3 is 15.2 Å². The van der Waals surface area contributed by atoms with Crippen LogP contribution in [0.5, 0.6) is 5.75 Å². The van der Waals surface area contributed by atoms with Crippen LogP contribution in [0.15, 0.2) is 18.2 Å². The Morgan fingerprint density at radius 3 is 2.83 bits per heavy atom. The molecule has 1 aromatic rings. The molecule has 18 heavy (non-hydrogen) atoms. The van der Waals surface area contributed by atoms with Crippen LogP contribution in [0.3, 0.4) is 0 Å². The first-order valence-corrected chi connectivity index (χ1v) is 6.54. The van der Waals surface area contributed by atoms with E-state index in [-0.39, 0.29) is 6.04 Å². The van der Waals surface area contributed by atoms with Crippen LogP contribution in [0, 0.1) is 0 Å². The van der Waals surface area contributed by atoms with E-state index in [0.29, 0.717) is 6.04 Å². The van der Waals surface area contributed by atoms with Crippen LogP contribution in [0.1, 0.15) is 17.2 Å². The molecule has 1 aliphatic carbocycles. The predicted molar refractivity (Wildman–Crippen MR) is 69.8 cm³/mol. The van der Waals surface area contributed by atoms with Crippen molar-refractivity contribution >= 4 is 0 Å². The highest BCUT2D eigenvalue weighted by Crippen LogP contribution is 2.35. The summed E-state index contributed by atoms with van der Waals surface area (Å²) >= 11 is 0. The number of hydrogen-bond acceptors (Lipinski definition) is 4. The molecular weight excluding hydrogens is 228 g/mol. The lowest BCUT2D eigenvalue weighted by Crippen LogP contribution is -2.47. The van der Waals surface area contributed by atoms with Crippen LogP contribution in [0.4, 0.5) is 0 Å². The van der Waals surface area contributed by atoms with Gasteiger partial charge >= 0.3 is 0 Å². The van der Waals surface area contributed by atoms with E-state index in [1.54, 1.807) is 7.11 Å². The molecule has 4 heteroatoms. The van der Waals surface area contributed by atoms with Gasteiger partial charge in [0.15, 0.2) is 0 Å². The number of hydrogen-bond donors (Lipinski definition) is 1. The fourth-order valence-corrected chi connectivity index (χ4v) is 3.02. The van der Waals surface area contributed by atoms with E-state index < -0.39 is 0 Å². The van der Waals surface area contributed by atoms with Crippen molar-refractivity contribution in [2.24, 2.45) is 5.73 Å². The highest BCUT2D eigenvalue weighted by Gasteiger charge is 2.34. The standard InChI is InChI=1S/C14H20N2O2/c1-17-11-3-2-10-8-13(14(15)12(10)9-11)16-4-6-18-7-5-16/h2-3,9,13-14H,4-8,15H2,1H3. The first kappa shape index (κ1) is 12.0. The first-order chi connectivity index (χ1) is 8.79. The summed E-state index contributed by atoms with van der Waals surface area (Å²) in [5.41, 5.74) is 9.01. The number of nitrogens with two attached hydrogens (primary N) is 1. The third-order valence-electron chi connectivity index (χ3n) is 4.07. The van der Waals surface area contributed by atoms with E-state index in [1.807, 2.05) is 6.07 Å². The maximum atomic E-state index is 6.41. The lowest BCUT2D eigenvalue weighted by Gasteiger charge is -2.34. The van der Waals surface area contributed by atoms with Gasteiger partial charge in [-0.3, -0.25) is 4.90 Å². The molecule has 3 rings (SSSR count). The SMILES string of the molecule is COc1ccc2c(c1)C(N)C(N1CCOCC1)C2. The number of nitrogens with zero attached hydrogens (tertiary/aromatic N) is 1. The largest absolute Gasteiger partial charge is 0.497 e. The number of fused-ring (bicyclic) bond motifs is 1. The van der Waals surface area contributed by atoms with Gasteiger partial charge in [-0.05, 0) is 29.7 Å². The Kier molecular flexibility index (Phi) is 3.24. The van der Waals surface area contributed by atoms with Crippen LogP contribution in [-0.2, 0) is 11.2 Å². The van der Waals surface area contributed by atoms with Crippen molar-refractivity contribution in [3.63, 3.8) is 0 Å². The zero-order valence-electron chi connectivity index (χ0n) is 10.8. The summed E-state index contributed by atoms with van der Waals surface area (Å²) in [7, 11) is 1.70. The number of ether oxygens (including phenoxy) is 2. The van der Waals surface area contributed by atoms with Gasteiger partial charge in [-0.25, -0.2) is 0 Å². The van der Waals surface area contributed by atoms with Crippen LogP contribution in [0.2, 0.25) is 0 Å². The summed E-state index contributed by atoms with van der Waals surface area (Å²) in [5.74, 6) is 0.895. The third-order valence-corrected chi connectivity index (χ3v) is 4.07. The summed E-state index contributed by atoms with van der Waals surface area (Å²) < 4.78 is 10.7. The molecule has 1 aliphatic heterocycles. The third kappa shape index (κ3) is 2.00. The molecule has 0 spiro atoms. The fraction of sp³-hybridized carbons (Fsp3) is 0.571. The van der Waals surface area contributed by atoms with Gasteiger partial charge in [0, 0.05) is 25.2 Å². The molecule has 0 saturated carbocycles. The molecule has 2 atom stereocenters. The van der Waals surface area contributed by atoms with Gasteiger partial charge in [0.25, 0.3) is 0 Å². The summed E-state index contributed by atoms with van der Waals surface area (Å²) in [6.45, 7) is 3.62. The van der Waals surface area contributed by atoms with Crippen molar-refractivity contribution < 1.29 is 9.47 Å². The summed E-state index contributed by atoms with van der Waals surface area (Å²) in [4.78, 5) is 2.46. The van der Waals surface area contributed by atoms with Crippen LogP contribution in [-0.4, -0.2) is 44.4 Å². The topological polar surface area (TPSA) is 47.7 Å². The van der Waals surface area contributed by atoms with Crippen LogP contribution >= 0.6 is 0 Å². The lowest BCUT2D eigenvalue weighted by molar-refractivity contribution is 0.0135. The normalized spacial score (nSPS) is 28.1. The molecule has 1 saturated heterocycles. The Balaban J connectivity index is 1.81. The second kappa shape index (κ2) is 4.88. The predicted octanol–water partition coefficient (Wildman–Crippen LogP) is 0.952. The second-order valence-corrected chi connectivity index (χ2v) is 5.01. The van der Waals surface area contributed by atoms with Crippen molar-refractivity contribution in [2.45, 2.75) is 18.5 Å². The minimum absolute atomic E-state index is 0.0909. The van der Waals surface area contributed by atoms with Gasteiger partial charge in [0.2, 0.25) is 0 Å². The maximum absolute atomic E-state index is 6.41. The number of morpholine rings is 1. The van der Waals surface area contributed by atoms with Gasteiger partial charge in [-0.2, -0.15) is 0 Å². The molecule has 1 heterocycles. The molecule has 2 aliphatic rings. The smallest absolute Gasteiger partial charge is 0.119 e. The van der Waals surface area contributed by atoms with Crippen molar-refractivity contribution in [1.29, 1.82) is 0 Å². The Bertz CT molecular complexity index is 430. The van der Waals surface area contributed by atoms with E-state index in [9.17, 15) is 0 Å². The van der Waals surface area contributed by atoms with Gasteiger partial charge in [0.05, 0.1) is 20.3 Å². The Labute approximate surface area is 108 Å². The summed E-state index contributed by atoms with van der Waals surface area (Å²) in [6.07, 6.45) is 1.04. The van der Waals surface area contributed by atoms with E-state index in [1.165, 1.54) is 11.1 Å². The highest BCUT2D eigenvalue weighted by atomic mass is 16.5. The Morgan fingerprint density at radius 1 is 1.33 bits per heavy atom. The molecule has 0 radical (unpaired) electrons. The van der Waals surface area contributed by atoms with Gasteiger partial charge in [0.1, 0.15) is 5.75 Å². The van der Waals surface area contributed by atoms with Crippen molar-refractivity contribution in [1.82, 2.24) is 4.90 Å². The Hall–Kier alpha value is -1.10. The molecule has 1 fully saturated rings. The quantitative estimate of drug-likeness (QED) is 0.846. The molecular formula is C14H20N2O2. The molecule has 4 nitrogen and oxygen atoms in total. The van der Waals surface area contributed by atoms with E-state index in [0.717, 1.165) is 38.5 Å². The molecule has 0 aromatic heterocycles. The molecule has 0 amide bonds. The van der Waals surface area contributed by atoms with Gasteiger partial charge in [-0.15, -0.1) is 0 Å². The molecule has 2 N–H and O–H groups in total. The zero-order valence-corrected chi connectivity index (χ0v) is 10.8. The van der Waals surface area contributed by atoms with Crippen molar-refractivity contribution in [3.8, 4) is 5.75 Å². The minimum atomic E-state index is 0.0909. The fourth-order valence-electron chi connectivity index (χ4n) is 3.02. The molecule has 1 aromatic carbocycles. The number of methoxy groups -OCH3 is 1. The molecule has 0 bridgehead atoms. The average Bonchev–Trinajstić information content (AvgIpc) is 2.77. The zero-order chi connectivity index (χ0) is 12.5. The Morgan fingerprint density at radius 2 is 2.11 bits per heavy atom. The maximum Gasteiger partial charge on any atom is 0.119 e. The van der Waals surface area contributed by atoms with E-state index in [2.05, 4.69) is 17.0 Å². The molecule has 2 unspecified atom stereocenters. The van der Waals surface area contributed by atoms with E-state index >= 15 is 0 Å². The second-order valence-electron chi connectivity index (χ2n) is 5.01. The van der Waals surface area contributed by atoms with Crippen LogP contribution < -0.4 is 10.5 Å². The summed E-state index contributed by atoms with van der Waals surface area (Å²) in [6, 6.07) is 6.76. The van der Waals surface area contributed by atoms with Crippen LogP contribution in [0.25, 0.3) is 0 Å². The van der Waals surface area contributed by atoms with Crippen molar-refractivity contribution in [2.75, 3.05) is 33.4 Å². The minimum Gasteiger partial charge on any atom is -0.497 e. The monoisotopic (exact) mass is 248 g/mol. The highest BCUT2D eigenvalue weighted by molar-refractivity contribution is 5.42. The van der Waals surface area contributed by atoms with Crippen molar-refractivity contribution in [3.05, 3.63) is 29.3 Å².